The van der Waals surface area contributed by atoms with Gasteiger partial charge in [-0.25, -0.2) is 23.5 Å². The van der Waals surface area contributed by atoms with Crippen molar-refractivity contribution in [2.75, 3.05) is 30.8 Å². The number of ether oxygens (including phenoxy) is 1. The molecule has 13 heteroatoms. The third-order valence-electron chi connectivity index (χ3n) is 7.28. The van der Waals surface area contributed by atoms with Gasteiger partial charge < -0.3 is 26.0 Å². The zero-order valence-electron chi connectivity index (χ0n) is 21.0. The van der Waals surface area contributed by atoms with E-state index in [0.717, 1.165) is 12.8 Å². The largest absolute Gasteiger partial charge is 0.453 e. The average Bonchev–Trinajstić information content (AvgIpc) is 3.27. The van der Waals surface area contributed by atoms with Crippen LogP contribution in [0.4, 0.5) is 31.2 Å². The molecular formula is C25H30F2N8O3. The van der Waals surface area contributed by atoms with Crippen molar-refractivity contribution in [3.05, 3.63) is 36.0 Å². The van der Waals surface area contributed by atoms with Crippen LogP contribution in [0.1, 0.15) is 44.6 Å². The van der Waals surface area contributed by atoms with Crippen LogP contribution in [0, 0.1) is 17.6 Å². The van der Waals surface area contributed by atoms with Crippen LogP contribution in [0.2, 0.25) is 0 Å². The van der Waals surface area contributed by atoms with E-state index in [1.807, 2.05) is 4.57 Å². The molecule has 0 bridgehead atoms. The van der Waals surface area contributed by atoms with E-state index in [0.29, 0.717) is 55.9 Å². The number of imidazole rings is 1. The summed E-state index contributed by atoms with van der Waals surface area (Å²) in [7, 11) is 1.35. The Morgan fingerprint density at radius 2 is 1.84 bits per heavy atom. The summed E-state index contributed by atoms with van der Waals surface area (Å²) in [6.07, 6.45) is 5.23. The summed E-state index contributed by atoms with van der Waals surface area (Å²) >= 11 is 0. The minimum absolute atomic E-state index is 0.0761. The smallest absolute Gasteiger partial charge is 0.409 e. The molecule has 1 aliphatic heterocycles. The van der Waals surface area contributed by atoms with Crippen molar-refractivity contribution in [3.8, 4) is 0 Å². The zero-order valence-corrected chi connectivity index (χ0v) is 21.0. The number of aromatic nitrogens is 4. The molecule has 202 valence electrons. The molecule has 4 N–H and O–H groups in total. The number of carbonyl (C=O) groups excluding carboxylic acids is 2. The second-order valence-corrected chi connectivity index (χ2v) is 9.74. The maximum absolute atomic E-state index is 14.5. The molecule has 5 rings (SSSR count). The summed E-state index contributed by atoms with van der Waals surface area (Å²) in [5.41, 5.74) is 6.15. The Balaban J connectivity index is 1.47. The number of rotatable bonds is 6. The number of piperidine rings is 1. The number of hydrogen-bond donors (Lipinski definition) is 3. The Hall–Kier alpha value is -4.03. The lowest BCUT2D eigenvalue weighted by atomic mass is 9.85. The number of methoxy groups -OCH3 is 1. The first-order valence-electron chi connectivity index (χ1n) is 12.7. The van der Waals surface area contributed by atoms with Crippen LogP contribution in [-0.2, 0) is 9.53 Å². The van der Waals surface area contributed by atoms with E-state index in [-0.39, 0.29) is 41.6 Å². The third-order valence-corrected chi connectivity index (χ3v) is 7.28. The Bertz CT molecular complexity index is 1320. The standard InChI is InChI=1S/C25H30F2N8O3/c1-38-25(37)34-11-3-4-15(13-34)30-23-29-12-19-22(33-23)35(16-9-7-14(8-10-16)21(28)36)24(31-19)32-20-17(26)5-2-6-18(20)27/h2,5-6,12,14-16H,3-4,7-11,13H2,1H3,(H2,28,36)(H,31,32)(H,29,30,33). The van der Waals surface area contributed by atoms with Gasteiger partial charge in [0.15, 0.2) is 5.65 Å². The number of halogens is 2. The first kappa shape index (κ1) is 25.6. The molecule has 1 saturated carbocycles. The van der Waals surface area contributed by atoms with Gasteiger partial charge in [-0.1, -0.05) is 6.07 Å². The number of primary amides is 1. The molecular weight excluding hydrogens is 498 g/mol. The lowest BCUT2D eigenvalue weighted by molar-refractivity contribution is -0.122. The molecule has 3 aromatic rings. The van der Waals surface area contributed by atoms with Crippen LogP contribution in [0.15, 0.2) is 24.4 Å². The first-order chi connectivity index (χ1) is 18.3. The van der Waals surface area contributed by atoms with E-state index in [9.17, 15) is 18.4 Å². The summed E-state index contributed by atoms with van der Waals surface area (Å²) < 4.78 is 35.6. The van der Waals surface area contributed by atoms with Crippen molar-refractivity contribution < 1.29 is 23.1 Å². The van der Waals surface area contributed by atoms with Gasteiger partial charge in [-0.2, -0.15) is 4.98 Å². The van der Waals surface area contributed by atoms with Gasteiger partial charge in [-0.15, -0.1) is 0 Å². The zero-order chi connectivity index (χ0) is 26.8. The fourth-order valence-electron chi connectivity index (χ4n) is 5.31. The molecule has 38 heavy (non-hydrogen) atoms. The Kier molecular flexibility index (Phi) is 7.25. The van der Waals surface area contributed by atoms with Crippen molar-refractivity contribution in [2.24, 2.45) is 11.7 Å². The molecule has 1 unspecified atom stereocenters. The molecule has 3 heterocycles. The van der Waals surface area contributed by atoms with E-state index in [2.05, 4.69) is 20.6 Å². The fraction of sp³-hybridized carbons (Fsp3) is 0.480. The van der Waals surface area contributed by atoms with Crippen molar-refractivity contribution in [1.29, 1.82) is 0 Å². The number of carbonyl (C=O) groups is 2. The summed E-state index contributed by atoms with van der Waals surface area (Å²) in [5.74, 6) is -1.45. The fourth-order valence-corrected chi connectivity index (χ4v) is 5.31. The highest BCUT2D eigenvalue weighted by atomic mass is 19.1. The quantitative estimate of drug-likeness (QED) is 0.440. The first-order valence-corrected chi connectivity index (χ1v) is 12.7. The summed E-state index contributed by atoms with van der Waals surface area (Å²) in [5, 5.41) is 6.12. The predicted octanol–water partition coefficient (Wildman–Crippen LogP) is 3.71. The Morgan fingerprint density at radius 1 is 1.11 bits per heavy atom. The summed E-state index contributed by atoms with van der Waals surface area (Å²) in [4.78, 5) is 39.0. The minimum Gasteiger partial charge on any atom is -0.453 e. The second kappa shape index (κ2) is 10.8. The Morgan fingerprint density at radius 3 is 2.53 bits per heavy atom. The van der Waals surface area contributed by atoms with E-state index in [1.165, 1.54) is 25.3 Å². The van der Waals surface area contributed by atoms with Crippen LogP contribution in [0.25, 0.3) is 11.2 Å². The molecule has 2 aromatic heterocycles. The molecule has 2 aliphatic rings. The number of nitrogens with one attached hydrogen (secondary N) is 2. The van der Waals surface area contributed by atoms with Gasteiger partial charge in [0.25, 0.3) is 0 Å². The minimum atomic E-state index is -0.748. The maximum Gasteiger partial charge on any atom is 0.409 e. The third kappa shape index (κ3) is 5.18. The van der Waals surface area contributed by atoms with Crippen LogP contribution < -0.4 is 16.4 Å². The average molecular weight is 529 g/mol. The molecule has 1 atom stereocenters. The van der Waals surface area contributed by atoms with Gasteiger partial charge in [-0.05, 0) is 50.7 Å². The van der Waals surface area contributed by atoms with Crippen LogP contribution in [-0.4, -0.2) is 62.7 Å². The predicted molar refractivity (Wildman–Crippen MR) is 136 cm³/mol. The number of nitrogens with two attached hydrogens (primary N) is 1. The van der Waals surface area contributed by atoms with E-state index in [1.54, 1.807) is 11.1 Å². The maximum atomic E-state index is 14.5. The molecule has 0 spiro atoms. The number of fused-ring (bicyclic) bond motifs is 1. The van der Waals surface area contributed by atoms with Gasteiger partial charge in [0.2, 0.25) is 17.8 Å². The Labute approximate surface area is 217 Å². The number of nitrogens with zero attached hydrogens (tertiary/aromatic N) is 5. The normalized spacial score (nSPS) is 21.8. The van der Waals surface area contributed by atoms with Crippen LogP contribution in [0.5, 0.6) is 0 Å². The van der Waals surface area contributed by atoms with Gasteiger partial charge in [0.1, 0.15) is 22.8 Å². The van der Waals surface area contributed by atoms with E-state index in [4.69, 9.17) is 15.5 Å². The molecule has 2 fully saturated rings. The monoisotopic (exact) mass is 528 g/mol. The number of amides is 2. The highest BCUT2D eigenvalue weighted by Gasteiger charge is 2.30. The second-order valence-electron chi connectivity index (χ2n) is 9.74. The van der Waals surface area contributed by atoms with Crippen molar-refractivity contribution in [3.63, 3.8) is 0 Å². The van der Waals surface area contributed by atoms with Gasteiger partial charge in [-0.3, -0.25) is 9.36 Å². The van der Waals surface area contributed by atoms with Crippen LogP contribution >= 0.6 is 0 Å². The van der Waals surface area contributed by atoms with Gasteiger partial charge in [0.05, 0.1) is 13.3 Å². The molecule has 1 aliphatic carbocycles. The number of para-hydroxylation sites is 1. The number of likely N-dealkylation sites (tertiary alicyclic amines) is 1. The SMILES string of the molecule is COC(=O)N1CCCC(Nc2ncc3nc(Nc4c(F)cccc4F)n(C4CCC(C(N)=O)CC4)c3n2)C1. The number of hydrogen-bond acceptors (Lipinski definition) is 8. The topological polar surface area (TPSA) is 140 Å². The van der Waals surface area contributed by atoms with Gasteiger partial charge >= 0.3 is 6.09 Å². The van der Waals surface area contributed by atoms with Crippen LogP contribution in [0.3, 0.4) is 0 Å². The van der Waals surface area contributed by atoms with Crippen molar-refractivity contribution in [1.82, 2.24) is 24.4 Å². The molecule has 1 saturated heterocycles. The van der Waals surface area contributed by atoms with Crippen molar-refractivity contribution in [2.45, 2.75) is 50.6 Å². The lowest BCUT2D eigenvalue weighted by Gasteiger charge is -2.32. The molecule has 1 aromatic carbocycles. The number of anilines is 3. The van der Waals surface area contributed by atoms with E-state index < -0.39 is 11.6 Å². The number of benzene rings is 1. The highest BCUT2D eigenvalue weighted by molar-refractivity contribution is 5.78. The summed E-state index contributed by atoms with van der Waals surface area (Å²) in [6.45, 7) is 1.07. The molecule has 0 radical (unpaired) electrons. The van der Waals surface area contributed by atoms with Gasteiger partial charge in [0, 0.05) is 31.1 Å². The van der Waals surface area contributed by atoms with Crippen molar-refractivity contribution >= 4 is 40.7 Å². The summed E-state index contributed by atoms with van der Waals surface area (Å²) in [6, 6.07) is 3.42. The lowest BCUT2D eigenvalue weighted by Crippen LogP contribution is -2.45. The molecule has 2 amide bonds. The van der Waals surface area contributed by atoms with E-state index >= 15 is 0 Å². The molecule has 11 nitrogen and oxygen atoms in total. The highest BCUT2D eigenvalue weighted by Crippen LogP contribution is 2.37.